The Morgan fingerprint density at radius 3 is 2.62 bits per heavy atom. The van der Waals surface area contributed by atoms with Gasteiger partial charge in [-0.1, -0.05) is 30.3 Å². The molecule has 4 heterocycles. The van der Waals surface area contributed by atoms with E-state index in [-0.39, 0.29) is 18.6 Å². The fourth-order valence-corrected chi connectivity index (χ4v) is 6.63. The van der Waals surface area contributed by atoms with E-state index < -0.39 is 0 Å². The van der Waals surface area contributed by atoms with E-state index in [0.717, 1.165) is 52.8 Å². The molecule has 7 nitrogen and oxygen atoms in total. The minimum absolute atomic E-state index is 0.0508. The Bertz CT molecular complexity index is 1140. The van der Waals surface area contributed by atoms with Crippen molar-refractivity contribution >= 4 is 33.3 Å². The highest BCUT2D eigenvalue weighted by atomic mass is 32.1. The number of piperidine rings is 1. The lowest BCUT2D eigenvalue weighted by atomic mass is 9.91. The second-order valence-electron chi connectivity index (χ2n) is 9.61. The maximum Gasteiger partial charge on any atom is 0.262 e. The van der Waals surface area contributed by atoms with Crippen LogP contribution in [0.1, 0.15) is 49.2 Å². The molecule has 2 atom stereocenters. The lowest BCUT2D eigenvalue weighted by molar-refractivity contribution is 0.0571. The molecule has 0 saturated carbocycles. The van der Waals surface area contributed by atoms with Crippen LogP contribution in [-0.4, -0.2) is 58.9 Å². The van der Waals surface area contributed by atoms with Crippen molar-refractivity contribution in [3.05, 3.63) is 41.5 Å². The molecule has 2 aromatic heterocycles. The van der Waals surface area contributed by atoms with Gasteiger partial charge in [0.15, 0.2) is 0 Å². The fourth-order valence-electron chi connectivity index (χ4n) is 5.57. The minimum Gasteiger partial charge on any atom is -0.394 e. The molecular formula is C26H32N4O3S. The number of nitrogens with zero attached hydrogens (tertiary/aromatic N) is 3. The monoisotopic (exact) mass is 480 g/mol. The first-order valence-corrected chi connectivity index (χ1v) is 13.0. The summed E-state index contributed by atoms with van der Waals surface area (Å²) in [7, 11) is 0. The molecule has 0 aliphatic carbocycles. The average molecular weight is 481 g/mol. The van der Waals surface area contributed by atoms with Gasteiger partial charge in [0.25, 0.3) is 5.91 Å². The molecule has 34 heavy (non-hydrogen) atoms. The number of amides is 1. The van der Waals surface area contributed by atoms with Crippen molar-refractivity contribution in [1.29, 1.82) is 0 Å². The number of benzene rings is 1. The standard InChI is InChI=1S/C26H32N4O3S/c1-16(2)29-25(32)23-21(18-6-4-3-5-7-18)22-24(27-15-28-26(22)34-23)30-19-8-9-20(30)13-17(12-19)14-33-11-10-31/h3-7,15-17,19-20,31H,8-14H2,1-2H3,(H,29,32). The number of hydrogen-bond acceptors (Lipinski definition) is 7. The van der Waals surface area contributed by atoms with Crippen molar-refractivity contribution < 1.29 is 14.6 Å². The van der Waals surface area contributed by atoms with Gasteiger partial charge in [-0.2, -0.15) is 0 Å². The molecule has 2 unspecified atom stereocenters. The normalized spacial score (nSPS) is 22.0. The summed E-state index contributed by atoms with van der Waals surface area (Å²) in [6, 6.07) is 11.0. The molecular weight excluding hydrogens is 448 g/mol. The topological polar surface area (TPSA) is 87.6 Å². The number of aromatic nitrogens is 2. The summed E-state index contributed by atoms with van der Waals surface area (Å²) in [6.07, 6.45) is 6.02. The van der Waals surface area contributed by atoms with Crippen molar-refractivity contribution in [2.45, 2.75) is 57.7 Å². The predicted molar refractivity (Wildman–Crippen MR) is 135 cm³/mol. The van der Waals surface area contributed by atoms with E-state index in [1.165, 1.54) is 11.3 Å². The Morgan fingerprint density at radius 1 is 1.21 bits per heavy atom. The number of thiophene rings is 1. The lowest BCUT2D eigenvalue weighted by Crippen LogP contribution is -2.44. The number of aliphatic hydroxyl groups excluding tert-OH is 1. The second kappa shape index (κ2) is 9.98. The van der Waals surface area contributed by atoms with Gasteiger partial charge >= 0.3 is 0 Å². The molecule has 8 heteroatoms. The van der Waals surface area contributed by atoms with Crippen molar-refractivity contribution in [2.24, 2.45) is 5.92 Å². The second-order valence-corrected chi connectivity index (χ2v) is 10.6. The lowest BCUT2D eigenvalue weighted by Gasteiger charge is -2.40. The Hall–Kier alpha value is -2.55. The van der Waals surface area contributed by atoms with Crippen LogP contribution < -0.4 is 10.2 Å². The van der Waals surface area contributed by atoms with Gasteiger partial charge in [0.1, 0.15) is 21.9 Å². The van der Waals surface area contributed by atoms with Crippen LogP contribution in [0.15, 0.2) is 36.7 Å². The number of hydrogen-bond donors (Lipinski definition) is 2. The molecule has 2 aliphatic heterocycles. The smallest absolute Gasteiger partial charge is 0.262 e. The van der Waals surface area contributed by atoms with E-state index in [2.05, 4.69) is 27.3 Å². The van der Waals surface area contributed by atoms with Crippen LogP contribution in [0.4, 0.5) is 5.82 Å². The first-order chi connectivity index (χ1) is 16.6. The van der Waals surface area contributed by atoms with E-state index in [4.69, 9.17) is 14.8 Å². The number of rotatable bonds is 8. The number of aliphatic hydroxyl groups is 1. The molecule has 1 aromatic carbocycles. The maximum atomic E-state index is 13.2. The summed E-state index contributed by atoms with van der Waals surface area (Å²) in [5, 5.41) is 13.1. The van der Waals surface area contributed by atoms with Crippen LogP contribution in [0.5, 0.6) is 0 Å². The van der Waals surface area contributed by atoms with Gasteiger partial charge in [-0.25, -0.2) is 9.97 Å². The summed E-state index contributed by atoms with van der Waals surface area (Å²) in [6.45, 7) is 5.12. The summed E-state index contributed by atoms with van der Waals surface area (Å²) < 4.78 is 5.66. The van der Waals surface area contributed by atoms with E-state index in [9.17, 15) is 4.79 Å². The summed E-state index contributed by atoms with van der Waals surface area (Å²) in [5.41, 5.74) is 1.94. The van der Waals surface area contributed by atoms with Gasteiger partial charge in [-0.05, 0) is 51.0 Å². The van der Waals surface area contributed by atoms with Crippen LogP contribution in [0, 0.1) is 5.92 Å². The summed E-state index contributed by atoms with van der Waals surface area (Å²) in [4.78, 5) is 26.7. The van der Waals surface area contributed by atoms with Crippen molar-refractivity contribution in [1.82, 2.24) is 15.3 Å². The molecule has 0 spiro atoms. The Kier molecular flexibility index (Phi) is 6.81. The number of fused-ring (bicyclic) bond motifs is 3. The van der Waals surface area contributed by atoms with Gasteiger partial charge in [-0.15, -0.1) is 11.3 Å². The van der Waals surface area contributed by atoms with E-state index >= 15 is 0 Å². The predicted octanol–water partition coefficient (Wildman–Crippen LogP) is 4.25. The van der Waals surface area contributed by atoms with E-state index in [1.54, 1.807) is 6.33 Å². The fraction of sp³-hybridized carbons (Fsp3) is 0.500. The number of ether oxygens (including phenoxy) is 1. The van der Waals surface area contributed by atoms with Crippen LogP contribution in [0.25, 0.3) is 21.3 Å². The molecule has 1 amide bonds. The molecule has 3 aromatic rings. The molecule has 180 valence electrons. The molecule has 2 saturated heterocycles. The third-order valence-electron chi connectivity index (χ3n) is 6.82. The van der Waals surface area contributed by atoms with Crippen molar-refractivity contribution in [3.63, 3.8) is 0 Å². The van der Waals surface area contributed by atoms with Crippen molar-refractivity contribution in [2.75, 3.05) is 24.7 Å². The van der Waals surface area contributed by atoms with E-state index in [0.29, 0.717) is 36.1 Å². The number of carbonyl (C=O) groups excluding carboxylic acids is 1. The quantitative estimate of drug-likeness (QED) is 0.469. The van der Waals surface area contributed by atoms with Crippen molar-refractivity contribution in [3.8, 4) is 11.1 Å². The number of anilines is 1. The Labute approximate surface area is 204 Å². The van der Waals surface area contributed by atoms with Gasteiger partial charge in [0, 0.05) is 30.3 Å². The van der Waals surface area contributed by atoms with Gasteiger partial charge in [0.05, 0.1) is 18.6 Å². The van der Waals surface area contributed by atoms with Crippen LogP contribution >= 0.6 is 11.3 Å². The minimum atomic E-state index is -0.0643. The molecule has 2 N–H and O–H groups in total. The third kappa shape index (κ3) is 4.42. The molecule has 2 fully saturated rings. The number of nitrogens with one attached hydrogen (secondary N) is 1. The third-order valence-corrected chi connectivity index (χ3v) is 7.92. The summed E-state index contributed by atoms with van der Waals surface area (Å²) >= 11 is 1.45. The molecule has 2 aliphatic rings. The highest BCUT2D eigenvalue weighted by Gasteiger charge is 2.42. The zero-order valence-corrected chi connectivity index (χ0v) is 20.6. The SMILES string of the molecule is CC(C)NC(=O)c1sc2ncnc(N3C4CCC3CC(COCCO)C4)c2c1-c1ccccc1. The molecule has 0 radical (unpaired) electrons. The van der Waals surface area contributed by atoms with E-state index in [1.807, 2.05) is 32.0 Å². The first-order valence-electron chi connectivity index (χ1n) is 12.2. The van der Waals surface area contributed by atoms with Gasteiger partial charge < -0.3 is 20.1 Å². The Balaban J connectivity index is 1.57. The average Bonchev–Trinajstić information content (AvgIpc) is 3.34. The highest BCUT2D eigenvalue weighted by molar-refractivity contribution is 7.21. The largest absolute Gasteiger partial charge is 0.394 e. The molecule has 5 rings (SSSR count). The van der Waals surface area contributed by atoms with Crippen LogP contribution in [0.2, 0.25) is 0 Å². The first kappa shape index (κ1) is 23.2. The van der Waals surface area contributed by atoms with Crippen LogP contribution in [-0.2, 0) is 4.74 Å². The van der Waals surface area contributed by atoms with Gasteiger partial charge in [0.2, 0.25) is 0 Å². The molecule has 2 bridgehead atoms. The zero-order chi connectivity index (χ0) is 23.7. The highest BCUT2D eigenvalue weighted by Crippen LogP contribution is 2.47. The number of carbonyl (C=O) groups is 1. The Morgan fingerprint density at radius 2 is 1.94 bits per heavy atom. The summed E-state index contributed by atoms with van der Waals surface area (Å²) in [5.74, 6) is 1.39. The van der Waals surface area contributed by atoms with Crippen LogP contribution in [0.3, 0.4) is 0 Å². The van der Waals surface area contributed by atoms with Gasteiger partial charge in [-0.3, -0.25) is 4.79 Å². The zero-order valence-electron chi connectivity index (χ0n) is 19.7. The maximum absolute atomic E-state index is 13.2.